The molecule has 106 valence electrons. The highest BCUT2D eigenvalue weighted by molar-refractivity contribution is 7.89. The first kappa shape index (κ1) is 14.4. The molecule has 0 amide bonds. The topological polar surface area (TPSA) is 58.2 Å². The fraction of sp³-hybridized carbons (Fsp3) is 0.500. The van der Waals surface area contributed by atoms with E-state index in [1.807, 2.05) is 6.92 Å². The van der Waals surface area contributed by atoms with E-state index >= 15 is 0 Å². The maximum absolute atomic E-state index is 13.1. The highest BCUT2D eigenvalue weighted by Crippen LogP contribution is 2.17. The monoisotopic (exact) mass is 290 g/mol. The van der Waals surface area contributed by atoms with E-state index in [0.29, 0.717) is 12.5 Å². The minimum Gasteiger partial charge on any atom is -0.316 e. The van der Waals surface area contributed by atoms with E-state index in [0.717, 1.165) is 25.2 Å². The molecule has 1 heterocycles. The van der Waals surface area contributed by atoms with Crippen LogP contribution in [0.1, 0.15) is 13.3 Å². The normalized spacial score (nSPS) is 24.4. The van der Waals surface area contributed by atoms with E-state index in [1.54, 1.807) is 0 Å². The van der Waals surface area contributed by atoms with Gasteiger partial charge in [-0.25, -0.2) is 21.9 Å². The summed E-state index contributed by atoms with van der Waals surface area (Å²) in [4.78, 5) is -0.253. The van der Waals surface area contributed by atoms with Gasteiger partial charge in [0.15, 0.2) is 11.6 Å². The fourth-order valence-electron chi connectivity index (χ4n) is 2.10. The Morgan fingerprint density at radius 2 is 2.05 bits per heavy atom. The standard InChI is InChI=1S/C12H16F2N2O2S/c1-8-7-15-5-4-12(8)16-19(17,18)9-2-3-10(13)11(14)6-9/h2-3,6,8,12,15-16H,4-5,7H2,1H3. The molecular formula is C12H16F2N2O2S. The van der Waals surface area contributed by atoms with Crippen LogP contribution in [-0.4, -0.2) is 27.5 Å². The molecule has 1 fully saturated rings. The van der Waals surface area contributed by atoms with Crippen LogP contribution in [0.2, 0.25) is 0 Å². The van der Waals surface area contributed by atoms with Crippen molar-refractivity contribution in [3.8, 4) is 0 Å². The number of benzene rings is 1. The molecule has 2 atom stereocenters. The molecule has 0 aromatic heterocycles. The smallest absolute Gasteiger partial charge is 0.240 e. The summed E-state index contributed by atoms with van der Waals surface area (Å²) in [6.07, 6.45) is 0.671. The van der Waals surface area contributed by atoms with E-state index in [1.165, 1.54) is 0 Å². The number of hydrogen-bond donors (Lipinski definition) is 2. The molecule has 7 heteroatoms. The molecule has 0 aliphatic carbocycles. The molecule has 1 saturated heterocycles. The lowest BCUT2D eigenvalue weighted by atomic mass is 9.97. The first-order valence-corrected chi connectivity index (χ1v) is 7.56. The highest BCUT2D eigenvalue weighted by atomic mass is 32.2. The molecular weight excluding hydrogens is 274 g/mol. The highest BCUT2D eigenvalue weighted by Gasteiger charge is 2.27. The Labute approximate surface area is 111 Å². The van der Waals surface area contributed by atoms with Crippen LogP contribution in [0, 0.1) is 17.6 Å². The van der Waals surface area contributed by atoms with E-state index in [2.05, 4.69) is 10.0 Å². The lowest BCUT2D eigenvalue weighted by Gasteiger charge is -2.29. The zero-order chi connectivity index (χ0) is 14.0. The third-order valence-corrected chi connectivity index (χ3v) is 4.78. The lowest BCUT2D eigenvalue weighted by Crippen LogP contribution is -2.48. The van der Waals surface area contributed by atoms with Gasteiger partial charge in [0.05, 0.1) is 4.90 Å². The summed E-state index contributed by atoms with van der Waals surface area (Å²) in [6, 6.07) is 2.38. The molecule has 4 nitrogen and oxygen atoms in total. The number of sulfonamides is 1. The van der Waals surface area contributed by atoms with Crippen molar-refractivity contribution < 1.29 is 17.2 Å². The van der Waals surface area contributed by atoms with Crippen LogP contribution in [0.15, 0.2) is 23.1 Å². The zero-order valence-corrected chi connectivity index (χ0v) is 11.3. The Kier molecular flexibility index (Phi) is 4.17. The molecule has 2 N–H and O–H groups in total. The number of halogens is 2. The van der Waals surface area contributed by atoms with Gasteiger partial charge in [-0.1, -0.05) is 6.92 Å². The van der Waals surface area contributed by atoms with Crippen molar-refractivity contribution in [2.24, 2.45) is 5.92 Å². The van der Waals surface area contributed by atoms with Gasteiger partial charge in [0.25, 0.3) is 0 Å². The van der Waals surface area contributed by atoms with Crippen LogP contribution in [0.5, 0.6) is 0 Å². The van der Waals surface area contributed by atoms with Crippen LogP contribution in [-0.2, 0) is 10.0 Å². The molecule has 1 aliphatic heterocycles. The van der Waals surface area contributed by atoms with Crippen LogP contribution in [0.3, 0.4) is 0 Å². The molecule has 1 aromatic carbocycles. The van der Waals surface area contributed by atoms with Crippen molar-refractivity contribution in [2.75, 3.05) is 13.1 Å². The third-order valence-electron chi connectivity index (χ3n) is 3.29. The second kappa shape index (κ2) is 5.52. The van der Waals surface area contributed by atoms with E-state index < -0.39 is 21.7 Å². The molecule has 1 aliphatic rings. The van der Waals surface area contributed by atoms with E-state index in [9.17, 15) is 17.2 Å². The molecule has 0 spiro atoms. The summed E-state index contributed by atoms with van der Waals surface area (Å²) in [5.74, 6) is -2.08. The van der Waals surface area contributed by atoms with Gasteiger partial charge in [-0.2, -0.15) is 0 Å². The van der Waals surface area contributed by atoms with Gasteiger partial charge in [0.1, 0.15) is 0 Å². The first-order valence-electron chi connectivity index (χ1n) is 6.08. The van der Waals surface area contributed by atoms with E-state index in [4.69, 9.17) is 0 Å². The molecule has 19 heavy (non-hydrogen) atoms. The minimum absolute atomic E-state index is 0.147. The van der Waals surface area contributed by atoms with Gasteiger partial charge in [-0.05, 0) is 43.6 Å². The summed E-state index contributed by atoms with van der Waals surface area (Å²) in [7, 11) is -3.82. The Morgan fingerprint density at radius 3 is 2.68 bits per heavy atom. The average molecular weight is 290 g/mol. The van der Waals surface area contributed by atoms with Gasteiger partial charge in [0, 0.05) is 6.04 Å². The van der Waals surface area contributed by atoms with Crippen molar-refractivity contribution in [3.63, 3.8) is 0 Å². The number of rotatable bonds is 3. The second-order valence-corrected chi connectivity index (χ2v) is 6.49. The summed E-state index contributed by atoms with van der Waals surface area (Å²) >= 11 is 0. The number of hydrogen-bond acceptors (Lipinski definition) is 3. The molecule has 2 rings (SSSR count). The zero-order valence-electron chi connectivity index (χ0n) is 10.5. The first-order chi connectivity index (χ1) is 8.90. The molecule has 0 bridgehead atoms. The van der Waals surface area contributed by atoms with E-state index in [-0.39, 0.29) is 16.9 Å². The largest absolute Gasteiger partial charge is 0.316 e. The van der Waals surface area contributed by atoms with Crippen LogP contribution < -0.4 is 10.0 Å². The van der Waals surface area contributed by atoms with Crippen molar-refractivity contribution in [2.45, 2.75) is 24.3 Å². The molecule has 1 aromatic rings. The van der Waals surface area contributed by atoms with Gasteiger partial charge in [-0.3, -0.25) is 0 Å². The summed E-state index contributed by atoms with van der Waals surface area (Å²) in [5, 5.41) is 3.16. The minimum atomic E-state index is -3.82. The van der Waals surface area contributed by atoms with Crippen molar-refractivity contribution >= 4 is 10.0 Å². The number of piperidine rings is 1. The quantitative estimate of drug-likeness (QED) is 0.880. The number of nitrogens with one attached hydrogen (secondary N) is 2. The van der Waals surface area contributed by atoms with Crippen LogP contribution >= 0.6 is 0 Å². The van der Waals surface area contributed by atoms with Crippen molar-refractivity contribution in [1.82, 2.24) is 10.0 Å². The summed E-state index contributed by atoms with van der Waals surface area (Å²) in [5.41, 5.74) is 0. The Balaban J connectivity index is 2.19. The van der Waals surface area contributed by atoms with Crippen LogP contribution in [0.25, 0.3) is 0 Å². The predicted molar refractivity (Wildman–Crippen MR) is 67.1 cm³/mol. The van der Waals surface area contributed by atoms with Gasteiger partial charge in [-0.15, -0.1) is 0 Å². The van der Waals surface area contributed by atoms with Crippen LogP contribution in [0.4, 0.5) is 8.78 Å². The third kappa shape index (κ3) is 3.29. The molecule has 0 radical (unpaired) electrons. The fourth-order valence-corrected chi connectivity index (χ4v) is 3.49. The van der Waals surface area contributed by atoms with Gasteiger partial charge < -0.3 is 5.32 Å². The van der Waals surface area contributed by atoms with Crippen molar-refractivity contribution in [3.05, 3.63) is 29.8 Å². The molecule has 0 saturated carbocycles. The Bertz CT molecular complexity index is 563. The second-order valence-electron chi connectivity index (χ2n) is 4.77. The van der Waals surface area contributed by atoms with Crippen molar-refractivity contribution in [1.29, 1.82) is 0 Å². The summed E-state index contributed by atoms with van der Waals surface area (Å²) < 4.78 is 52.6. The van der Waals surface area contributed by atoms with Gasteiger partial charge in [0.2, 0.25) is 10.0 Å². The Hall–Kier alpha value is -1.05. The maximum Gasteiger partial charge on any atom is 0.240 e. The lowest BCUT2D eigenvalue weighted by molar-refractivity contribution is 0.328. The Morgan fingerprint density at radius 1 is 1.32 bits per heavy atom. The van der Waals surface area contributed by atoms with Gasteiger partial charge >= 0.3 is 0 Å². The SMILES string of the molecule is CC1CNCCC1NS(=O)(=O)c1ccc(F)c(F)c1. The maximum atomic E-state index is 13.1. The average Bonchev–Trinajstić information content (AvgIpc) is 2.35. The molecule has 2 unspecified atom stereocenters. The predicted octanol–water partition coefficient (Wildman–Crippen LogP) is 1.24. The summed E-state index contributed by atoms with van der Waals surface area (Å²) in [6.45, 7) is 3.39.